The van der Waals surface area contributed by atoms with E-state index in [1.807, 2.05) is 0 Å². The van der Waals surface area contributed by atoms with Crippen LogP contribution in [0.3, 0.4) is 0 Å². The monoisotopic (exact) mass is 218 g/mol. The lowest BCUT2D eigenvalue weighted by molar-refractivity contribution is -0.124. The quantitative estimate of drug-likeness (QED) is 0.414. The molecule has 80 valence electrons. The minimum atomic E-state index is -1.01. The molecule has 0 bridgehead atoms. The minimum Gasteiger partial charge on any atom is -0.354 e. The smallest absolute Gasteiger partial charge is 0.237 e. The van der Waals surface area contributed by atoms with Gasteiger partial charge >= 0.3 is 0 Å². The number of carbonyl (C=O) groups excluding carboxylic acids is 3. The molecule has 0 rings (SSSR count). The molecule has 0 spiro atoms. The van der Waals surface area contributed by atoms with Crippen molar-refractivity contribution in [2.75, 3.05) is 13.1 Å². The maximum Gasteiger partial charge on any atom is 0.237 e. The van der Waals surface area contributed by atoms with Crippen LogP contribution in [0.5, 0.6) is 0 Å². The highest BCUT2D eigenvalue weighted by atomic mass is 32.1. The van der Waals surface area contributed by atoms with E-state index < -0.39 is 4.75 Å². The number of hydrogen-bond acceptors (Lipinski definition) is 4. The molecule has 2 amide bonds. The summed E-state index contributed by atoms with van der Waals surface area (Å²) in [5.41, 5.74) is 0. The number of thiol groups is 1. The van der Waals surface area contributed by atoms with Crippen LogP contribution in [-0.2, 0) is 14.4 Å². The van der Waals surface area contributed by atoms with Crippen molar-refractivity contribution in [2.24, 2.45) is 0 Å². The van der Waals surface area contributed by atoms with Gasteiger partial charge in [-0.3, -0.25) is 9.59 Å². The average molecular weight is 218 g/mol. The first kappa shape index (κ1) is 13.0. The van der Waals surface area contributed by atoms with Crippen molar-refractivity contribution in [3.63, 3.8) is 0 Å². The highest BCUT2D eigenvalue weighted by Gasteiger charge is 2.28. The van der Waals surface area contributed by atoms with E-state index in [1.165, 1.54) is 6.92 Å². The Morgan fingerprint density at radius 1 is 1.43 bits per heavy atom. The fraction of sp³-hybridized carbons (Fsp3) is 0.625. The molecule has 1 atom stereocenters. The van der Waals surface area contributed by atoms with Crippen LogP contribution in [-0.4, -0.2) is 35.9 Å². The average Bonchev–Trinajstić information content (AvgIpc) is 2.11. The molecule has 14 heavy (non-hydrogen) atoms. The largest absolute Gasteiger partial charge is 0.354 e. The molecule has 2 N–H and O–H groups in total. The van der Waals surface area contributed by atoms with E-state index in [1.54, 1.807) is 6.92 Å². The molecule has 0 aliphatic carbocycles. The lowest BCUT2D eigenvalue weighted by Gasteiger charge is -2.21. The van der Waals surface area contributed by atoms with E-state index in [4.69, 9.17) is 0 Å². The van der Waals surface area contributed by atoms with Gasteiger partial charge in [-0.2, -0.15) is 12.6 Å². The Labute approximate surface area is 88.0 Å². The third-order valence-electron chi connectivity index (χ3n) is 1.52. The highest BCUT2D eigenvalue weighted by Crippen LogP contribution is 2.11. The summed E-state index contributed by atoms with van der Waals surface area (Å²) in [4.78, 5) is 31.9. The van der Waals surface area contributed by atoms with Gasteiger partial charge in [-0.05, 0) is 6.92 Å². The normalized spacial score (nSPS) is 13.9. The van der Waals surface area contributed by atoms with Crippen LogP contribution in [0.25, 0.3) is 0 Å². The van der Waals surface area contributed by atoms with E-state index in [0.29, 0.717) is 6.29 Å². The van der Waals surface area contributed by atoms with Gasteiger partial charge in [0.05, 0.1) is 6.54 Å². The van der Waals surface area contributed by atoms with Crippen LogP contribution in [0.1, 0.15) is 13.8 Å². The van der Waals surface area contributed by atoms with Gasteiger partial charge in [0.2, 0.25) is 11.8 Å². The number of rotatable bonds is 5. The Morgan fingerprint density at radius 2 is 2.00 bits per heavy atom. The fourth-order valence-corrected chi connectivity index (χ4v) is 0.860. The molecule has 0 fully saturated rings. The van der Waals surface area contributed by atoms with Gasteiger partial charge in [-0.25, -0.2) is 0 Å². The SMILES string of the molecule is CC(=O)NCC(C)(S)C(=O)NCC=O. The molecule has 0 heterocycles. The Kier molecular flexibility index (Phi) is 5.22. The van der Waals surface area contributed by atoms with E-state index in [9.17, 15) is 14.4 Å². The van der Waals surface area contributed by atoms with Crippen LogP contribution in [0.15, 0.2) is 0 Å². The zero-order chi connectivity index (χ0) is 11.2. The van der Waals surface area contributed by atoms with E-state index in [2.05, 4.69) is 23.3 Å². The lowest BCUT2D eigenvalue weighted by atomic mass is 10.1. The second-order valence-corrected chi connectivity index (χ2v) is 4.05. The Hall–Kier alpha value is -1.04. The van der Waals surface area contributed by atoms with Crippen molar-refractivity contribution in [3.8, 4) is 0 Å². The summed E-state index contributed by atoms with van der Waals surface area (Å²) >= 11 is 4.09. The summed E-state index contributed by atoms with van der Waals surface area (Å²) in [6.07, 6.45) is 0.583. The number of nitrogens with one attached hydrogen (secondary N) is 2. The second kappa shape index (κ2) is 5.64. The molecular formula is C8H14N2O3S. The molecule has 0 saturated carbocycles. The number of carbonyl (C=O) groups is 3. The topological polar surface area (TPSA) is 75.3 Å². The molecule has 0 aromatic rings. The molecule has 5 nitrogen and oxygen atoms in total. The first-order valence-corrected chi connectivity index (χ1v) is 4.53. The Morgan fingerprint density at radius 3 is 2.43 bits per heavy atom. The van der Waals surface area contributed by atoms with Crippen molar-refractivity contribution >= 4 is 30.7 Å². The molecule has 0 radical (unpaired) electrons. The third-order valence-corrected chi connectivity index (χ3v) is 1.88. The first-order chi connectivity index (χ1) is 6.40. The first-order valence-electron chi connectivity index (χ1n) is 4.09. The van der Waals surface area contributed by atoms with Crippen LogP contribution in [0, 0.1) is 0 Å². The van der Waals surface area contributed by atoms with Crippen LogP contribution in [0.4, 0.5) is 0 Å². The molecule has 0 aromatic carbocycles. The van der Waals surface area contributed by atoms with Crippen molar-refractivity contribution in [1.82, 2.24) is 10.6 Å². The zero-order valence-corrected chi connectivity index (χ0v) is 9.06. The molecule has 0 saturated heterocycles. The van der Waals surface area contributed by atoms with Crippen LogP contribution in [0.2, 0.25) is 0 Å². The standard InChI is InChI=1S/C8H14N2O3S/c1-6(12)10-5-8(2,14)7(13)9-3-4-11/h4,14H,3,5H2,1-2H3,(H,9,13)(H,10,12). The van der Waals surface area contributed by atoms with E-state index in [-0.39, 0.29) is 24.9 Å². The molecule has 6 heteroatoms. The zero-order valence-electron chi connectivity index (χ0n) is 8.16. The molecule has 0 aliphatic heterocycles. The highest BCUT2D eigenvalue weighted by molar-refractivity contribution is 7.82. The molecular weight excluding hydrogens is 204 g/mol. The van der Waals surface area contributed by atoms with Crippen molar-refractivity contribution in [1.29, 1.82) is 0 Å². The Bertz CT molecular complexity index is 241. The lowest BCUT2D eigenvalue weighted by Crippen LogP contribution is -2.48. The molecule has 0 aliphatic rings. The number of hydrogen-bond donors (Lipinski definition) is 3. The van der Waals surface area contributed by atoms with Gasteiger partial charge in [0.15, 0.2) is 0 Å². The number of amides is 2. The maximum absolute atomic E-state index is 11.3. The summed E-state index contributed by atoms with van der Waals surface area (Å²) in [7, 11) is 0. The van der Waals surface area contributed by atoms with Gasteiger partial charge in [-0.15, -0.1) is 0 Å². The van der Waals surface area contributed by atoms with Gasteiger partial charge in [0.1, 0.15) is 11.0 Å². The van der Waals surface area contributed by atoms with Crippen molar-refractivity contribution in [2.45, 2.75) is 18.6 Å². The van der Waals surface area contributed by atoms with Gasteiger partial charge in [0.25, 0.3) is 0 Å². The summed E-state index contributed by atoms with van der Waals surface area (Å²) in [6.45, 7) is 2.99. The van der Waals surface area contributed by atoms with Crippen LogP contribution < -0.4 is 10.6 Å². The van der Waals surface area contributed by atoms with Gasteiger partial charge in [-0.1, -0.05) is 0 Å². The fourth-order valence-electron chi connectivity index (χ4n) is 0.702. The van der Waals surface area contributed by atoms with Crippen molar-refractivity contribution in [3.05, 3.63) is 0 Å². The summed E-state index contributed by atoms with van der Waals surface area (Å²) in [5.74, 6) is -0.616. The van der Waals surface area contributed by atoms with Gasteiger partial charge in [0, 0.05) is 13.5 Å². The predicted molar refractivity (Wildman–Crippen MR) is 55.1 cm³/mol. The van der Waals surface area contributed by atoms with Gasteiger partial charge < -0.3 is 15.4 Å². The van der Waals surface area contributed by atoms with Crippen molar-refractivity contribution < 1.29 is 14.4 Å². The summed E-state index contributed by atoms with van der Waals surface area (Å²) < 4.78 is -1.01. The summed E-state index contributed by atoms with van der Waals surface area (Å²) in [5, 5.41) is 4.84. The van der Waals surface area contributed by atoms with E-state index in [0.717, 1.165) is 0 Å². The maximum atomic E-state index is 11.3. The summed E-state index contributed by atoms with van der Waals surface area (Å²) in [6, 6.07) is 0. The third kappa shape index (κ3) is 4.86. The van der Waals surface area contributed by atoms with E-state index >= 15 is 0 Å². The second-order valence-electron chi connectivity index (χ2n) is 3.06. The Balaban J connectivity index is 4.08. The number of aldehydes is 1. The molecule has 0 aromatic heterocycles. The molecule has 1 unspecified atom stereocenters. The predicted octanol–water partition coefficient (Wildman–Crippen LogP) is -0.874. The minimum absolute atomic E-state index is 0.0466. The van der Waals surface area contributed by atoms with Crippen LogP contribution >= 0.6 is 12.6 Å².